The Morgan fingerprint density at radius 1 is 1.05 bits per heavy atom. The van der Waals surface area contributed by atoms with E-state index in [0.29, 0.717) is 48.3 Å². The second-order valence-corrected chi connectivity index (χ2v) is 8.68. The molecule has 16 heteroatoms. The predicted molar refractivity (Wildman–Crippen MR) is 129 cm³/mol. The number of nitrogens with zero attached hydrogens (tertiary/aromatic N) is 4. The number of fused-ring (bicyclic) bond motifs is 1. The van der Waals surface area contributed by atoms with Crippen molar-refractivity contribution in [2.24, 2.45) is 0 Å². The summed E-state index contributed by atoms with van der Waals surface area (Å²) >= 11 is 0. The lowest BCUT2D eigenvalue weighted by Gasteiger charge is -2.33. The number of carboxylic acid groups (broad SMARTS) is 1. The monoisotopic (exact) mass is 591 g/mol. The van der Waals surface area contributed by atoms with E-state index in [1.165, 1.54) is 6.07 Å². The number of benzene rings is 2. The van der Waals surface area contributed by atoms with Gasteiger partial charge in [-0.15, -0.1) is 0 Å². The molecule has 0 spiro atoms. The molecule has 1 fully saturated rings. The van der Waals surface area contributed by atoms with Gasteiger partial charge in [-0.25, -0.2) is 23.5 Å². The summed E-state index contributed by atoms with van der Waals surface area (Å²) in [6, 6.07) is 9.86. The molecule has 2 heterocycles. The maximum absolute atomic E-state index is 13.9. The third-order valence-corrected chi connectivity index (χ3v) is 5.65. The fraction of sp³-hybridized carbons (Fsp3) is 0.360. The van der Waals surface area contributed by atoms with Crippen LogP contribution in [0.1, 0.15) is 24.8 Å². The van der Waals surface area contributed by atoms with E-state index in [2.05, 4.69) is 15.3 Å². The Hall–Kier alpha value is -4.42. The molecular formula is C25H21F8N5O3. The Kier molecular flexibility index (Phi) is 9.74. The summed E-state index contributed by atoms with van der Waals surface area (Å²) in [4.78, 5) is 19.8. The van der Waals surface area contributed by atoms with E-state index >= 15 is 0 Å². The van der Waals surface area contributed by atoms with Gasteiger partial charge in [0.05, 0.1) is 29.1 Å². The average Bonchev–Trinajstić information content (AvgIpc) is 2.89. The number of carbonyl (C=O) groups is 1. The van der Waals surface area contributed by atoms with Crippen molar-refractivity contribution in [3.63, 3.8) is 0 Å². The first-order valence-electron chi connectivity index (χ1n) is 11.9. The van der Waals surface area contributed by atoms with Gasteiger partial charge in [-0.3, -0.25) is 0 Å². The van der Waals surface area contributed by atoms with Crippen LogP contribution in [0.4, 0.5) is 46.8 Å². The Morgan fingerprint density at radius 3 is 2.27 bits per heavy atom. The lowest BCUT2D eigenvalue weighted by atomic mass is 10.1. The van der Waals surface area contributed by atoms with Crippen molar-refractivity contribution in [1.82, 2.24) is 9.97 Å². The number of hydrogen-bond acceptors (Lipinski definition) is 7. The maximum Gasteiger partial charge on any atom is 0.490 e. The molecular weight excluding hydrogens is 570 g/mol. The molecule has 8 nitrogen and oxygen atoms in total. The number of halogens is 8. The van der Waals surface area contributed by atoms with Crippen LogP contribution in [-0.2, 0) is 4.79 Å². The van der Waals surface area contributed by atoms with E-state index in [9.17, 15) is 35.1 Å². The van der Waals surface area contributed by atoms with E-state index in [1.807, 2.05) is 11.0 Å². The summed E-state index contributed by atoms with van der Waals surface area (Å²) in [7, 11) is 0. The van der Waals surface area contributed by atoms with Gasteiger partial charge in [0.25, 0.3) is 0 Å². The van der Waals surface area contributed by atoms with Gasteiger partial charge in [-0.2, -0.15) is 31.6 Å². The highest BCUT2D eigenvalue weighted by Gasteiger charge is 2.38. The summed E-state index contributed by atoms with van der Waals surface area (Å²) in [6.45, 7) is 0.496. The van der Waals surface area contributed by atoms with Crippen LogP contribution in [0, 0.1) is 23.0 Å². The predicted octanol–water partition coefficient (Wildman–Crippen LogP) is 5.83. The first-order valence-corrected chi connectivity index (χ1v) is 11.9. The van der Waals surface area contributed by atoms with Crippen LogP contribution in [0.25, 0.3) is 11.0 Å². The molecule has 41 heavy (non-hydrogen) atoms. The normalized spacial score (nSPS) is 14.2. The van der Waals surface area contributed by atoms with Crippen LogP contribution in [0.2, 0.25) is 0 Å². The van der Waals surface area contributed by atoms with Gasteiger partial charge in [0.1, 0.15) is 11.9 Å². The number of rotatable bonds is 6. The third-order valence-electron chi connectivity index (χ3n) is 5.65. The van der Waals surface area contributed by atoms with E-state index in [-0.39, 0.29) is 24.2 Å². The zero-order valence-electron chi connectivity index (χ0n) is 20.9. The summed E-state index contributed by atoms with van der Waals surface area (Å²) in [5.41, 5.74) is 1.28. The lowest BCUT2D eigenvalue weighted by Crippen LogP contribution is -2.39. The van der Waals surface area contributed by atoms with Crippen molar-refractivity contribution in [2.75, 3.05) is 29.9 Å². The largest absolute Gasteiger partial charge is 0.490 e. The van der Waals surface area contributed by atoms with E-state index < -0.39 is 36.4 Å². The van der Waals surface area contributed by atoms with Gasteiger partial charge in [0.15, 0.2) is 23.2 Å². The van der Waals surface area contributed by atoms with Gasteiger partial charge in [0, 0.05) is 38.5 Å². The molecule has 2 N–H and O–H groups in total. The minimum absolute atomic E-state index is 0.0381. The smallest absolute Gasteiger partial charge is 0.487 e. The quantitative estimate of drug-likeness (QED) is 0.345. The number of nitrogens with one attached hydrogen (secondary N) is 1. The number of aromatic nitrogens is 2. The number of carboxylic acids is 1. The van der Waals surface area contributed by atoms with Gasteiger partial charge < -0.3 is 20.1 Å². The molecule has 0 amide bonds. The number of aliphatic carboxylic acids is 1. The lowest BCUT2D eigenvalue weighted by molar-refractivity contribution is -0.192. The van der Waals surface area contributed by atoms with E-state index in [1.54, 1.807) is 18.2 Å². The summed E-state index contributed by atoms with van der Waals surface area (Å²) in [6.07, 6.45) is -9.78. The average molecular weight is 591 g/mol. The molecule has 0 unspecified atom stereocenters. The van der Waals surface area contributed by atoms with Gasteiger partial charge >= 0.3 is 18.3 Å². The Labute approximate surface area is 227 Å². The molecule has 3 aromatic rings. The molecule has 0 radical (unpaired) electrons. The topological polar surface area (TPSA) is 111 Å². The van der Waals surface area contributed by atoms with Crippen molar-refractivity contribution in [3.8, 4) is 11.8 Å². The van der Waals surface area contributed by atoms with Gasteiger partial charge in [-0.1, -0.05) is 0 Å². The number of ether oxygens (including phenoxy) is 1. The van der Waals surface area contributed by atoms with Crippen LogP contribution in [0.3, 0.4) is 0 Å². The number of nitriles is 1. The molecule has 1 aromatic heterocycles. The van der Waals surface area contributed by atoms with Gasteiger partial charge in [0.2, 0.25) is 0 Å². The van der Waals surface area contributed by atoms with Crippen molar-refractivity contribution >= 4 is 28.6 Å². The van der Waals surface area contributed by atoms with Crippen LogP contribution in [0.15, 0.2) is 36.4 Å². The summed E-state index contributed by atoms with van der Waals surface area (Å²) in [5.74, 6) is -3.69. The zero-order chi connectivity index (χ0) is 30.4. The van der Waals surface area contributed by atoms with Crippen molar-refractivity contribution in [2.45, 2.75) is 37.7 Å². The Balaban J connectivity index is 0.000000587. The number of piperidine rings is 1. The summed E-state index contributed by atoms with van der Waals surface area (Å²) < 4.78 is 102. The van der Waals surface area contributed by atoms with Crippen LogP contribution >= 0.6 is 0 Å². The fourth-order valence-corrected chi connectivity index (χ4v) is 3.71. The molecule has 1 aliphatic rings. The molecule has 0 atom stereocenters. The van der Waals surface area contributed by atoms with Crippen molar-refractivity contribution in [3.05, 3.63) is 53.6 Å². The standard InChI is InChI=1S/C23H20F5N5O.C2HF3O2/c24-15-2-4-20(17(25)12-15)34-16-5-9-33(10-6-16)22-21(30-8-7-23(26,27)28)31-18-3-1-14(13-29)11-19(18)32-22;3-2(4,5)1(6)7/h1-4,11-12,16H,5-10H2,(H,30,31);(H,6,7). The second kappa shape index (κ2) is 12.8. The molecule has 0 bridgehead atoms. The Morgan fingerprint density at radius 2 is 1.71 bits per heavy atom. The van der Waals surface area contributed by atoms with Crippen molar-refractivity contribution < 1.29 is 49.8 Å². The summed E-state index contributed by atoms with van der Waals surface area (Å²) in [5, 5.41) is 19.0. The number of anilines is 2. The van der Waals surface area contributed by atoms with E-state index in [4.69, 9.17) is 19.9 Å². The first-order chi connectivity index (χ1) is 19.2. The van der Waals surface area contributed by atoms with Gasteiger partial charge in [-0.05, 0) is 30.3 Å². The van der Waals surface area contributed by atoms with Crippen molar-refractivity contribution in [1.29, 1.82) is 5.26 Å². The SMILES string of the molecule is N#Cc1ccc2nc(NCCC(F)(F)F)c(N3CCC(Oc4ccc(F)cc4F)CC3)nc2c1.O=C(O)C(F)(F)F. The third kappa shape index (κ3) is 9.05. The molecule has 1 aliphatic heterocycles. The minimum atomic E-state index is -5.08. The number of alkyl halides is 6. The zero-order valence-corrected chi connectivity index (χ0v) is 20.9. The molecule has 2 aromatic carbocycles. The molecule has 0 saturated carbocycles. The highest BCUT2D eigenvalue weighted by atomic mass is 19.4. The molecule has 220 valence electrons. The minimum Gasteiger partial charge on any atom is -0.487 e. The number of hydrogen-bond donors (Lipinski definition) is 2. The van der Waals surface area contributed by atoms with E-state index in [0.717, 1.165) is 12.1 Å². The molecule has 0 aliphatic carbocycles. The van der Waals surface area contributed by atoms with Crippen LogP contribution in [-0.4, -0.2) is 59.1 Å². The van der Waals surface area contributed by atoms with Crippen LogP contribution in [0.5, 0.6) is 5.75 Å². The first kappa shape index (κ1) is 31.1. The Bertz CT molecular complexity index is 1420. The maximum atomic E-state index is 13.9. The highest BCUT2D eigenvalue weighted by molar-refractivity contribution is 5.81. The second-order valence-electron chi connectivity index (χ2n) is 8.68. The van der Waals surface area contributed by atoms with Crippen LogP contribution < -0.4 is 15.0 Å². The molecule has 1 saturated heterocycles. The highest BCUT2D eigenvalue weighted by Crippen LogP contribution is 2.30. The molecule has 4 rings (SSSR count). The fourth-order valence-electron chi connectivity index (χ4n) is 3.71.